The zero-order chi connectivity index (χ0) is 17.0. The number of likely N-dealkylation sites (tertiary alicyclic amines) is 1. The largest absolute Gasteiger partial charge is 0.384 e. The first-order valence-electron chi connectivity index (χ1n) is 8.27. The quantitative estimate of drug-likeness (QED) is 0.885. The van der Waals surface area contributed by atoms with Crippen molar-refractivity contribution in [1.82, 2.24) is 9.88 Å². The summed E-state index contributed by atoms with van der Waals surface area (Å²) < 4.78 is 0. The van der Waals surface area contributed by atoms with E-state index in [4.69, 9.17) is 0 Å². The normalized spacial score (nSPS) is 20.9. The summed E-state index contributed by atoms with van der Waals surface area (Å²) in [7, 11) is 0. The maximum atomic E-state index is 12.0. The number of anilines is 1. The van der Waals surface area contributed by atoms with Crippen LogP contribution in [0.4, 0.5) is 5.69 Å². The predicted molar refractivity (Wildman–Crippen MR) is 93.6 cm³/mol. The van der Waals surface area contributed by atoms with Crippen LogP contribution in [0.3, 0.4) is 0 Å². The molecule has 2 aromatic rings. The Hall–Kier alpha value is -2.24. The molecule has 126 valence electrons. The number of nitrogens with one attached hydrogen (secondary N) is 1. The average Bonchev–Trinajstić information content (AvgIpc) is 2.97. The number of amides is 1. The van der Waals surface area contributed by atoms with Crippen molar-refractivity contribution in [2.24, 2.45) is 0 Å². The molecule has 1 aliphatic heterocycles. The number of hydrogen-bond acceptors (Lipinski definition) is 4. The van der Waals surface area contributed by atoms with Gasteiger partial charge in [0.25, 0.3) is 0 Å². The molecule has 0 spiro atoms. The van der Waals surface area contributed by atoms with E-state index in [1.54, 1.807) is 18.5 Å². The third-order valence-electron chi connectivity index (χ3n) is 4.57. The molecule has 1 aromatic heterocycles. The summed E-state index contributed by atoms with van der Waals surface area (Å²) in [6, 6.07) is 11.6. The van der Waals surface area contributed by atoms with Gasteiger partial charge < -0.3 is 10.4 Å². The molecule has 1 aliphatic rings. The highest BCUT2D eigenvalue weighted by molar-refractivity contribution is 5.90. The Kier molecular flexibility index (Phi) is 4.92. The van der Waals surface area contributed by atoms with Gasteiger partial charge in [0.15, 0.2) is 0 Å². The van der Waals surface area contributed by atoms with E-state index in [2.05, 4.69) is 15.2 Å². The number of carbonyl (C=O) groups excluding carboxylic acids is 1. The molecule has 2 N–H and O–H groups in total. The van der Waals surface area contributed by atoms with E-state index < -0.39 is 5.60 Å². The molecule has 1 saturated heterocycles. The summed E-state index contributed by atoms with van der Waals surface area (Å²) in [5.41, 5.74) is 1.99. The number of rotatable bonds is 5. The van der Waals surface area contributed by atoms with Gasteiger partial charge in [0, 0.05) is 32.3 Å². The number of pyridine rings is 1. The standard InChI is InChI=1S/C19H23N3O2/c1-15-5-2-3-7-17(15)19(24)9-12-22(14-19)11-8-18(23)21-16-6-4-10-20-13-16/h2-7,10,13,24H,8-9,11-12,14H2,1H3,(H,21,23)/t19-/m0/s1. The van der Waals surface area contributed by atoms with E-state index in [-0.39, 0.29) is 5.91 Å². The summed E-state index contributed by atoms with van der Waals surface area (Å²) in [5.74, 6) is -0.0330. The van der Waals surface area contributed by atoms with Crippen LogP contribution in [0.1, 0.15) is 24.0 Å². The molecule has 1 fully saturated rings. The topological polar surface area (TPSA) is 65.5 Å². The van der Waals surface area contributed by atoms with Crippen molar-refractivity contribution in [3.05, 3.63) is 59.9 Å². The first kappa shape index (κ1) is 16.6. The lowest BCUT2D eigenvalue weighted by atomic mass is 9.89. The average molecular weight is 325 g/mol. The fraction of sp³-hybridized carbons (Fsp3) is 0.368. The minimum Gasteiger partial charge on any atom is -0.384 e. The van der Waals surface area contributed by atoms with Crippen LogP contribution in [0, 0.1) is 6.92 Å². The van der Waals surface area contributed by atoms with Crippen LogP contribution in [0.15, 0.2) is 48.8 Å². The minimum atomic E-state index is -0.814. The number of β-amino-alcohol motifs (C(OH)–C–C–N with tert-alkyl or cyclic N) is 1. The Morgan fingerprint density at radius 1 is 1.33 bits per heavy atom. The molecule has 24 heavy (non-hydrogen) atoms. The Morgan fingerprint density at radius 3 is 2.92 bits per heavy atom. The fourth-order valence-corrected chi connectivity index (χ4v) is 3.30. The summed E-state index contributed by atoms with van der Waals surface area (Å²) in [6.45, 7) is 4.03. The van der Waals surface area contributed by atoms with Gasteiger partial charge in [-0.3, -0.25) is 14.7 Å². The number of aromatic nitrogens is 1. The molecular formula is C19H23N3O2. The van der Waals surface area contributed by atoms with Crippen LogP contribution in [0.5, 0.6) is 0 Å². The second kappa shape index (κ2) is 7.11. The van der Waals surface area contributed by atoms with Crippen molar-refractivity contribution in [3.8, 4) is 0 Å². The van der Waals surface area contributed by atoms with Gasteiger partial charge in [-0.15, -0.1) is 0 Å². The third kappa shape index (κ3) is 3.80. The molecule has 0 radical (unpaired) electrons. The maximum absolute atomic E-state index is 12.0. The number of nitrogens with zero attached hydrogens (tertiary/aromatic N) is 2. The molecule has 0 saturated carbocycles. The van der Waals surface area contributed by atoms with E-state index in [1.807, 2.05) is 37.3 Å². The fourth-order valence-electron chi connectivity index (χ4n) is 3.30. The van der Waals surface area contributed by atoms with E-state index in [0.29, 0.717) is 31.6 Å². The van der Waals surface area contributed by atoms with E-state index >= 15 is 0 Å². The van der Waals surface area contributed by atoms with Crippen molar-refractivity contribution < 1.29 is 9.90 Å². The molecule has 5 nitrogen and oxygen atoms in total. The van der Waals surface area contributed by atoms with Crippen molar-refractivity contribution >= 4 is 11.6 Å². The van der Waals surface area contributed by atoms with Gasteiger partial charge in [0.2, 0.25) is 5.91 Å². The Labute approximate surface area is 142 Å². The van der Waals surface area contributed by atoms with Crippen molar-refractivity contribution in [2.45, 2.75) is 25.4 Å². The minimum absolute atomic E-state index is 0.0330. The zero-order valence-electron chi connectivity index (χ0n) is 13.9. The van der Waals surface area contributed by atoms with E-state index in [0.717, 1.165) is 17.7 Å². The molecule has 0 unspecified atom stereocenters. The molecule has 1 amide bonds. The number of benzene rings is 1. The van der Waals surface area contributed by atoms with E-state index in [9.17, 15) is 9.90 Å². The van der Waals surface area contributed by atoms with Crippen LogP contribution in [-0.4, -0.2) is 40.5 Å². The monoisotopic (exact) mass is 325 g/mol. The second-order valence-corrected chi connectivity index (χ2v) is 6.41. The van der Waals surface area contributed by atoms with Gasteiger partial charge in [-0.2, -0.15) is 0 Å². The van der Waals surface area contributed by atoms with Crippen LogP contribution in [0.25, 0.3) is 0 Å². The third-order valence-corrected chi connectivity index (χ3v) is 4.57. The Bertz CT molecular complexity index is 705. The van der Waals surface area contributed by atoms with Crippen LogP contribution >= 0.6 is 0 Å². The number of aliphatic hydroxyl groups is 1. The molecule has 1 atom stereocenters. The molecular weight excluding hydrogens is 302 g/mol. The zero-order valence-corrected chi connectivity index (χ0v) is 13.9. The van der Waals surface area contributed by atoms with Crippen molar-refractivity contribution in [2.75, 3.05) is 25.0 Å². The van der Waals surface area contributed by atoms with Crippen LogP contribution in [-0.2, 0) is 10.4 Å². The summed E-state index contributed by atoms with van der Waals surface area (Å²) in [5, 5.41) is 13.8. The first-order valence-corrected chi connectivity index (χ1v) is 8.27. The molecule has 0 bridgehead atoms. The Balaban J connectivity index is 1.53. The maximum Gasteiger partial charge on any atom is 0.225 e. The van der Waals surface area contributed by atoms with Gasteiger partial charge in [0.05, 0.1) is 11.9 Å². The summed E-state index contributed by atoms with van der Waals surface area (Å²) in [6.07, 6.45) is 4.40. The number of hydrogen-bond donors (Lipinski definition) is 2. The van der Waals surface area contributed by atoms with Crippen molar-refractivity contribution in [3.63, 3.8) is 0 Å². The summed E-state index contributed by atoms with van der Waals surface area (Å²) >= 11 is 0. The molecule has 0 aliphatic carbocycles. The van der Waals surface area contributed by atoms with Gasteiger partial charge in [-0.05, 0) is 36.6 Å². The first-order chi connectivity index (χ1) is 11.6. The van der Waals surface area contributed by atoms with Gasteiger partial charge >= 0.3 is 0 Å². The highest BCUT2D eigenvalue weighted by Crippen LogP contribution is 2.33. The van der Waals surface area contributed by atoms with Crippen molar-refractivity contribution in [1.29, 1.82) is 0 Å². The highest BCUT2D eigenvalue weighted by atomic mass is 16.3. The molecule has 1 aromatic carbocycles. The second-order valence-electron chi connectivity index (χ2n) is 6.41. The number of aryl methyl sites for hydroxylation is 1. The molecule has 2 heterocycles. The number of carbonyl (C=O) groups is 1. The van der Waals surface area contributed by atoms with Crippen LogP contribution in [0.2, 0.25) is 0 Å². The summed E-state index contributed by atoms with van der Waals surface area (Å²) in [4.78, 5) is 18.2. The van der Waals surface area contributed by atoms with Gasteiger partial charge in [-0.1, -0.05) is 24.3 Å². The van der Waals surface area contributed by atoms with Gasteiger partial charge in [-0.25, -0.2) is 0 Å². The van der Waals surface area contributed by atoms with Gasteiger partial charge in [0.1, 0.15) is 5.60 Å². The van der Waals surface area contributed by atoms with Crippen LogP contribution < -0.4 is 5.32 Å². The lowest BCUT2D eigenvalue weighted by Crippen LogP contribution is -2.33. The van der Waals surface area contributed by atoms with E-state index in [1.165, 1.54) is 0 Å². The predicted octanol–water partition coefficient (Wildman–Crippen LogP) is 2.31. The Morgan fingerprint density at radius 2 is 2.17 bits per heavy atom. The lowest BCUT2D eigenvalue weighted by molar-refractivity contribution is -0.116. The molecule has 3 rings (SSSR count). The molecule has 5 heteroatoms. The highest BCUT2D eigenvalue weighted by Gasteiger charge is 2.38. The SMILES string of the molecule is Cc1ccccc1[C@]1(O)CCN(CCC(=O)Nc2cccnc2)C1. The lowest BCUT2D eigenvalue weighted by Gasteiger charge is -2.25. The smallest absolute Gasteiger partial charge is 0.225 e.